The minimum absolute atomic E-state index is 0.103. The third-order valence-corrected chi connectivity index (χ3v) is 4.33. The highest BCUT2D eigenvalue weighted by Gasteiger charge is 2.05. The molecule has 0 atom stereocenters. The van der Waals surface area contributed by atoms with Crippen molar-refractivity contribution >= 4 is 17.3 Å². The normalized spacial score (nSPS) is 10.3. The summed E-state index contributed by atoms with van der Waals surface area (Å²) in [5.41, 5.74) is 5.19. The number of carbonyl (C=O) groups excluding carboxylic acids is 1. The third-order valence-electron chi connectivity index (χ3n) is 4.33. The Bertz CT molecular complexity index is 907. The topological polar surface area (TPSA) is 50.4 Å². The van der Waals surface area contributed by atoms with Crippen molar-refractivity contribution in [1.82, 2.24) is 0 Å². The van der Waals surface area contributed by atoms with E-state index in [0.717, 1.165) is 17.0 Å². The van der Waals surface area contributed by atoms with Crippen molar-refractivity contribution in [2.45, 2.75) is 20.5 Å². The van der Waals surface area contributed by atoms with Gasteiger partial charge in [-0.05, 0) is 54.8 Å². The van der Waals surface area contributed by atoms with Crippen molar-refractivity contribution in [3.63, 3.8) is 0 Å². The lowest BCUT2D eigenvalue weighted by molar-refractivity contribution is -0.114. The number of anilines is 2. The van der Waals surface area contributed by atoms with Crippen molar-refractivity contribution in [1.29, 1.82) is 0 Å². The maximum Gasteiger partial charge on any atom is 0.243 e. The highest BCUT2D eigenvalue weighted by Crippen LogP contribution is 2.19. The predicted octanol–water partition coefficient (Wildman–Crippen LogP) is 4.93. The SMILES string of the molecule is Cc1ccc(NCC(=O)Nc2cccc(OCc3ccccc3)c2)cc1C. The molecule has 0 radical (unpaired) electrons. The first-order chi connectivity index (χ1) is 13.1. The van der Waals surface area contributed by atoms with E-state index in [0.29, 0.717) is 12.3 Å². The van der Waals surface area contributed by atoms with Gasteiger partial charge in [0.25, 0.3) is 0 Å². The molecule has 0 aliphatic carbocycles. The summed E-state index contributed by atoms with van der Waals surface area (Å²) in [6.45, 7) is 4.82. The van der Waals surface area contributed by atoms with E-state index in [-0.39, 0.29) is 12.5 Å². The predicted molar refractivity (Wildman–Crippen MR) is 110 cm³/mol. The van der Waals surface area contributed by atoms with Crippen molar-refractivity contribution in [2.24, 2.45) is 0 Å². The molecule has 4 nitrogen and oxygen atoms in total. The zero-order valence-electron chi connectivity index (χ0n) is 15.7. The summed E-state index contributed by atoms with van der Waals surface area (Å²) >= 11 is 0. The van der Waals surface area contributed by atoms with Gasteiger partial charge in [0.2, 0.25) is 5.91 Å². The molecule has 2 N–H and O–H groups in total. The van der Waals surface area contributed by atoms with Crippen LogP contribution in [0, 0.1) is 13.8 Å². The minimum Gasteiger partial charge on any atom is -0.489 e. The molecule has 0 bridgehead atoms. The molecule has 0 unspecified atom stereocenters. The molecule has 0 aliphatic rings. The lowest BCUT2D eigenvalue weighted by atomic mass is 10.1. The van der Waals surface area contributed by atoms with E-state index in [4.69, 9.17) is 4.74 Å². The van der Waals surface area contributed by atoms with Gasteiger partial charge in [-0.15, -0.1) is 0 Å². The number of benzene rings is 3. The van der Waals surface area contributed by atoms with Crippen molar-refractivity contribution in [3.8, 4) is 5.75 Å². The molecule has 0 aromatic heterocycles. The minimum atomic E-state index is -0.103. The summed E-state index contributed by atoms with van der Waals surface area (Å²) in [6.07, 6.45) is 0. The number of hydrogen-bond donors (Lipinski definition) is 2. The first kappa shape index (κ1) is 18.5. The van der Waals surface area contributed by atoms with Gasteiger partial charge < -0.3 is 15.4 Å². The molecular weight excluding hydrogens is 336 g/mol. The largest absolute Gasteiger partial charge is 0.489 e. The van der Waals surface area contributed by atoms with E-state index in [1.165, 1.54) is 11.1 Å². The first-order valence-electron chi connectivity index (χ1n) is 8.98. The highest BCUT2D eigenvalue weighted by molar-refractivity contribution is 5.93. The number of aryl methyl sites for hydroxylation is 2. The van der Waals surface area contributed by atoms with Gasteiger partial charge in [-0.2, -0.15) is 0 Å². The van der Waals surface area contributed by atoms with E-state index in [1.807, 2.05) is 72.8 Å². The molecule has 27 heavy (non-hydrogen) atoms. The fourth-order valence-electron chi connectivity index (χ4n) is 2.64. The van der Waals surface area contributed by atoms with Crippen molar-refractivity contribution in [2.75, 3.05) is 17.2 Å². The van der Waals surface area contributed by atoms with E-state index in [9.17, 15) is 4.79 Å². The third kappa shape index (κ3) is 5.61. The van der Waals surface area contributed by atoms with Crippen LogP contribution in [0.15, 0.2) is 72.8 Å². The van der Waals surface area contributed by atoms with Crippen LogP contribution in [0.4, 0.5) is 11.4 Å². The molecule has 3 aromatic carbocycles. The molecule has 0 aliphatic heterocycles. The Morgan fingerprint density at radius 3 is 2.44 bits per heavy atom. The van der Waals surface area contributed by atoms with Crippen LogP contribution in [0.2, 0.25) is 0 Å². The number of ether oxygens (including phenoxy) is 1. The van der Waals surface area contributed by atoms with Gasteiger partial charge in [-0.3, -0.25) is 4.79 Å². The zero-order chi connectivity index (χ0) is 19.1. The first-order valence-corrected chi connectivity index (χ1v) is 8.98. The van der Waals surface area contributed by atoms with Crippen LogP contribution >= 0.6 is 0 Å². The van der Waals surface area contributed by atoms with Crippen molar-refractivity contribution in [3.05, 3.63) is 89.5 Å². The molecule has 0 saturated heterocycles. The van der Waals surface area contributed by atoms with Crippen LogP contribution in [0.25, 0.3) is 0 Å². The molecule has 4 heteroatoms. The molecule has 0 saturated carbocycles. The Morgan fingerprint density at radius 2 is 1.67 bits per heavy atom. The van der Waals surface area contributed by atoms with E-state index in [2.05, 4.69) is 24.5 Å². The van der Waals surface area contributed by atoms with Crippen molar-refractivity contribution < 1.29 is 9.53 Å². The maximum atomic E-state index is 12.2. The molecule has 3 rings (SSSR count). The number of nitrogens with one attached hydrogen (secondary N) is 2. The number of carbonyl (C=O) groups is 1. The molecule has 138 valence electrons. The molecule has 0 heterocycles. The summed E-state index contributed by atoms with van der Waals surface area (Å²) in [6, 6.07) is 23.5. The van der Waals surface area contributed by atoms with Crippen LogP contribution in [0.3, 0.4) is 0 Å². The fraction of sp³-hybridized carbons (Fsp3) is 0.174. The Labute approximate surface area is 160 Å². The second-order valence-electron chi connectivity index (χ2n) is 6.50. The molecular formula is C23H24N2O2. The molecule has 3 aromatic rings. The van der Waals surface area contributed by atoms with Crippen LogP contribution in [0.5, 0.6) is 5.75 Å². The average molecular weight is 360 g/mol. The van der Waals surface area contributed by atoms with E-state index >= 15 is 0 Å². The van der Waals surface area contributed by atoms with Gasteiger partial charge in [0.05, 0.1) is 6.54 Å². The molecule has 1 amide bonds. The summed E-state index contributed by atoms with van der Waals surface area (Å²) < 4.78 is 5.80. The Morgan fingerprint density at radius 1 is 0.852 bits per heavy atom. The van der Waals surface area contributed by atoms with Crippen LogP contribution < -0.4 is 15.4 Å². The van der Waals surface area contributed by atoms with Gasteiger partial charge in [0, 0.05) is 17.4 Å². The zero-order valence-corrected chi connectivity index (χ0v) is 15.7. The summed E-state index contributed by atoms with van der Waals surface area (Å²) in [7, 11) is 0. The highest BCUT2D eigenvalue weighted by atomic mass is 16.5. The Balaban J connectivity index is 1.52. The number of hydrogen-bond acceptors (Lipinski definition) is 3. The van der Waals surface area contributed by atoms with E-state index < -0.39 is 0 Å². The van der Waals surface area contributed by atoms with Gasteiger partial charge in [0.15, 0.2) is 0 Å². The Kier molecular flexibility index (Phi) is 6.10. The fourth-order valence-corrected chi connectivity index (χ4v) is 2.64. The van der Waals surface area contributed by atoms with Crippen LogP contribution in [-0.4, -0.2) is 12.5 Å². The average Bonchev–Trinajstić information content (AvgIpc) is 2.68. The smallest absolute Gasteiger partial charge is 0.243 e. The molecule has 0 spiro atoms. The van der Waals surface area contributed by atoms with Gasteiger partial charge in [-0.1, -0.05) is 42.5 Å². The monoisotopic (exact) mass is 360 g/mol. The summed E-state index contributed by atoms with van der Waals surface area (Å²) in [5.74, 6) is 0.618. The quantitative estimate of drug-likeness (QED) is 0.628. The van der Waals surface area contributed by atoms with Gasteiger partial charge in [-0.25, -0.2) is 0 Å². The standard InChI is InChI=1S/C23H24N2O2/c1-17-11-12-20(13-18(17)2)24-15-23(26)25-21-9-6-10-22(14-21)27-16-19-7-4-3-5-8-19/h3-14,24H,15-16H2,1-2H3,(H,25,26). The second kappa shape index (κ2) is 8.90. The molecule has 0 fully saturated rings. The lowest BCUT2D eigenvalue weighted by Crippen LogP contribution is -2.21. The summed E-state index contributed by atoms with van der Waals surface area (Å²) in [5, 5.41) is 6.05. The summed E-state index contributed by atoms with van der Waals surface area (Å²) in [4.78, 5) is 12.2. The van der Waals surface area contributed by atoms with Crippen LogP contribution in [0.1, 0.15) is 16.7 Å². The van der Waals surface area contributed by atoms with E-state index in [1.54, 1.807) is 0 Å². The van der Waals surface area contributed by atoms with Gasteiger partial charge in [0.1, 0.15) is 12.4 Å². The number of rotatable bonds is 7. The maximum absolute atomic E-state index is 12.2. The van der Waals surface area contributed by atoms with Crippen LogP contribution in [-0.2, 0) is 11.4 Å². The van der Waals surface area contributed by atoms with Gasteiger partial charge >= 0.3 is 0 Å². The second-order valence-corrected chi connectivity index (χ2v) is 6.50. The number of amides is 1. The lowest BCUT2D eigenvalue weighted by Gasteiger charge is -2.11. The Hall–Kier alpha value is -3.27.